The SMILES string of the molecule is CC(C)(C)SC1=C(C(=O)O)N2C(=O)[C@H](CCO[Si](C)(C)C(C)(C)C)[C@H]2SS1. The second-order valence-corrected chi connectivity index (χ2v) is 18.7. The first-order chi connectivity index (χ1) is 12.2. The first kappa shape index (κ1) is 23.2. The van der Waals surface area contributed by atoms with Gasteiger partial charge in [-0.25, -0.2) is 4.79 Å². The third-order valence-electron chi connectivity index (χ3n) is 5.11. The van der Waals surface area contributed by atoms with Crippen molar-refractivity contribution in [2.24, 2.45) is 5.92 Å². The minimum absolute atomic E-state index is 0.0870. The molecule has 1 N–H and O–H groups in total. The fourth-order valence-electron chi connectivity index (χ4n) is 2.56. The first-order valence-corrected chi connectivity index (χ1v) is 15.1. The summed E-state index contributed by atoms with van der Waals surface area (Å²) >= 11 is 1.51. The Balaban J connectivity index is 2.06. The molecule has 2 aliphatic heterocycles. The Kier molecular flexibility index (Phi) is 6.84. The molecule has 27 heavy (non-hydrogen) atoms. The summed E-state index contributed by atoms with van der Waals surface area (Å²) in [6, 6.07) is 0. The van der Waals surface area contributed by atoms with Crippen LogP contribution in [0.3, 0.4) is 0 Å². The Bertz CT molecular complexity index is 652. The highest BCUT2D eigenvalue weighted by atomic mass is 33.1. The normalized spacial score (nSPS) is 24.0. The number of β-lactam (4-membered cyclic amide) rings is 1. The van der Waals surface area contributed by atoms with Crippen LogP contribution in [-0.2, 0) is 14.0 Å². The molecule has 2 heterocycles. The molecule has 0 spiro atoms. The number of carboxylic acids is 1. The topological polar surface area (TPSA) is 66.8 Å². The number of nitrogens with zero attached hydrogens (tertiary/aromatic N) is 1. The largest absolute Gasteiger partial charge is 0.477 e. The van der Waals surface area contributed by atoms with Crippen LogP contribution in [0.1, 0.15) is 48.0 Å². The second kappa shape index (κ2) is 7.97. The lowest BCUT2D eigenvalue weighted by Crippen LogP contribution is -2.60. The molecule has 0 saturated carbocycles. The van der Waals surface area contributed by atoms with E-state index in [1.807, 2.05) is 20.8 Å². The fraction of sp³-hybridized carbons (Fsp3) is 0.778. The molecule has 0 radical (unpaired) electrons. The summed E-state index contributed by atoms with van der Waals surface area (Å²) in [5.41, 5.74) is 0.148. The third-order valence-corrected chi connectivity index (χ3v) is 14.0. The van der Waals surface area contributed by atoms with Crippen molar-refractivity contribution in [3.63, 3.8) is 0 Å². The zero-order valence-electron chi connectivity index (χ0n) is 17.4. The number of rotatable bonds is 6. The lowest BCUT2D eigenvalue weighted by molar-refractivity contribution is -0.152. The zero-order chi connectivity index (χ0) is 20.8. The van der Waals surface area contributed by atoms with Gasteiger partial charge in [-0.2, -0.15) is 0 Å². The van der Waals surface area contributed by atoms with Crippen LogP contribution in [0.2, 0.25) is 18.1 Å². The van der Waals surface area contributed by atoms with Crippen molar-refractivity contribution in [2.75, 3.05) is 6.61 Å². The summed E-state index contributed by atoms with van der Waals surface area (Å²) in [5.74, 6) is -1.28. The van der Waals surface area contributed by atoms with Gasteiger partial charge in [-0.15, -0.1) is 11.8 Å². The number of carbonyl (C=O) groups is 2. The van der Waals surface area contributed by atoms with Gasteiger partial charge in [0.2, 0.25) is 5.91 Å². The van der Waals surface area contributed by atoms with Gasteiger partial charge in [0.1, 0.15) is 5.37 Å². The second-order valence-electron chi connectivity index (χ2n) is 9.44. The number of thioether (sulfide) groups is 1. The maximum Gasteiger partial charge on any atom is 0.354 e. The lowest BCUT2D eigenvalue weighted by Gasteiger charge is -2.49. The number of carboxylic acid groups (broad SMARTS) is 1. The van der Waals surface area contributed by atoms with Gasteiger partial charge in [0.25, 0.3) is 0 Å². The van der Waals surface area contributed by atoms with Crippen LogP contribution in [0.25, 0.3) is 0 Å². The van der Waals surface area contributed by atoms with Crippen LogP contribution >= 0.6 is 33.3 Å². The van der Waals surface area contributed by atoms with E-state index in [1.165, 1.54) is 27.5 Å². The van der Waals surface area contributed by atoms with Crippen LogP contribution in [0.15, 0.2) is 9.93 Å². The average Bonchev–Trinajstić information content (AvgIpc) is 2.48. The Labute approximate surface area is 176 Å². The van der Waals surface area contributed by atoms with E-state index in [2.05, 4.69) is 33.9 Å². The number of fused-ring (bicyclic) bond motifs is 1. The summed E-state index contributed by atoms with van der Waals surface area (Å²) in [6.45, 7) is 17.7. The molecular weight excluding hydrogens is 418 g/mol. The van der Waals surface area contributed by atoms with Crippen molar-refractivity contribution in [2.45, 2.75) is 76.2 Å². The van der Waals surface area contributed by atoms with E-state index >= 15 is 0 Å². The van der Waals surface area contributed by atoms with E-state index in [-0.39, 0.29) is 32.7 Å². The predicted molar refractivity (Wildman–Crippen MR) is 119 cm³/mol. The lowest BCUT2D eigenvalue weighted by atomic mass is 9.94. The smallest absolute Gasteiger partial charge is 0.354 e. The third kappa shape index (κ3) is 5.10. The molecule has 0 aliphatic carbocycles. The van der Waals surface area contributed by atoms with Crippen molar-refractivity contribution < 1.29 is 19.1 Å². The summed E-state index contributed by atoms with van der Waals surface area (Å²) < 4.78 is 6.81. The number of aliphatic carboxylic acids is 1. The van der Waals surface area contributed by atoms with Gasteiger partial charge in [-0.3, -0.25) is 9.69 Å². The van der Waals surface area contributed by atoms with E-state index in [1.54, 1.807) is 10.8 Å². The monoisotopic (exact) mass is 449 g/mol. The molecule has 0 aromatic carbocycles. The highest BCUT2D eigenvalue weighted by Crippen LogP contribution is 2.57. The summed E-state index contributed by atoms with van der Waals surface area (Å²) in [5, 5.41) is 9.72. The Morgan fingerprint density at radius 1 is 1.26 bits per heavy atom. The van der Waals surface area contributed by atoms with Gasteiger partial charge in [-0.1, -0.05) is 52.3 Å². The summed E-state index contributed by atoms with van der Waals surface area (Å²) in [4.78, 5) is 26.0. The highest BCUT2D eigenvalue weighted by Gasteiger charge is 2.54. The number of hydrogen-bond acceptors (Lipinski definition) is 6. The van der Waals surface area contributed by atoms with Crippen LogP contribution in [-0.4, -0.2) is 46.9 Å². The molecule has 0 unspecified atom stereocenters. The Morgan fingerprint density at radius 2 is 1.85 bits per heavy atom. The van der Waals surface area contributed by atoms with Gasteiger partial charge in [0, 0.05) is 11.4 Å². The summed E-state index contributed by atoms with van der Waals surface area (Å²) in [6.07, 6.45) is 0.648. The predicted octanol–water partition coefficient (Wildman–Crippen LogP) is 5.36. The molecular formula is C18H31NO4S3Si. The fourth-order valence-corrected chi connectivity index (χ4v) is 8.59. The van der Waals surface area contributed by atoms with E-state index in [0.29, 0.717) is 17.3 Å². The van der Waals surface area contributed by atoms with Crippen LogP contribution in [0.5, 0.6) is 0 Å². The molecule has 2 rings (SSSR count). The summed E-state index contributed by atoms with van der Waals surface area (Å²) in [7, 11) is 1.25. The quantitative estimate of drug-likeness (QED) is 0.332. The molecule has 5 nitrogen and oxygen atoms in total. The molecule has 0 aromatic heterocycles. The van der Waals surface area contributed by atoms with E-state index in [4.69, 9.17) is 4.43 Å². The van der Waals surface area contributed by atoms with Crippen molar-refractivity contribution in [3.05, 3.63) is 9.93 Å². The molecule has 0 bridgehead atoms. The van der Waals surface area contributed by atoms with Crippen LogP contribution in [0, 0.1) is 5.92 Å². The Hall–Kier alpha value is -0.0931. The van der Waals surface area contributed by atoms with Crippen molar-refractivity contribution >= 4 is 53.5 Å². The van der Waals surface area contributed by atoms with Crippen molar-refractivity contribution in [1.82, 2.24) is 4.90 Å². The number of amides is 1. The van der Waals surface area contributed by atoms with Gasteiger partial charge in [0.15, 0.2) is 14.0 Å². The molecule has 9 heteroatoms. The molecule has 1 saturated heterocycles. The molecule has 154 valence electrons. The molecule has 1 amide bonds. The van der Waals surface area contributed by atoms with Gasteiger partial charge in [0.05, 0.1) is 10.2 Å². The van der Waals surface area contributed by atoms with Gasteiger partial charge in [-0.05, 0) is 35.3 Å². The zero-order valence-corrected chi connectivity index (χ0v) is 20.9. The van der Waals surface area contributed by atoms with Gasteiger partial charge < -0.3 is 9.53 Å². The number of carbonyl (C=O) groups excluding carboxylic acids is 1. The Morgan fingerprint density at radius 3 is 2.33 bits per heavy atom. The average molecular weight is 450 g/mol. The maximum atomic E-state index is 12.7. The standard InChI is InChI=1S/C18H31NO4S3Si/c1-17(2,3)24-16-12(15(21)22)19-13(20)11(14(19)25-26-16)9-10-23-27(7,8)18(4,5)6/h11,14H,9-10H2,1-8H3,(H,21,22)/t11-,14+/m0/s1. The van der Waals surface area contributed by atoms with E-state index in [9.17, 15) is 14.7 Å². The van der Waals surface area contributed by atoms with E-state index in [0.717, 1.165) is 0 Å². The first-order valence-electron chi connectivity index (χ1n) is 9.13. The molecule has 2 aliphatic rings. The minimum Gasteiger partial charge on any atom is -0.477 e. The highest BCUT2D eigenvalue weighted by molar-refractivity contribution is 8.80. The van der Waals surface area contributed by atoms with Crippen LogP contribution < -0.4 is 0 Å². The molecule has 2 atom stereocenters. The minimum atomic E-state index is -1.84. The molecule has 1 fully saturated rings. The van der Waals surface area contributed by atoms with Crippen molar-refractivity contribution in [3.8, 4) is 0 Å². The van der Waals surface area contributed by atoms with E-state index < -0.39 is 14.3 Å². The maximum absolute atomic E-state index is 12.7. The molecule has 0 aromatic rings. The van der Waals surface area contributed by atoms with Crippen molar-refractivity contribution in [1.29, 1.82) is 0 Å². The number of hydrogen-bond donors (Lipinski definition) is 1. The van der Waals surface area contributed by atoms with Crippen LogP contribution in [0.4, 0.5) is 0 Å². The van der Waals surface area contributed by atoms with Gasteiger partial charge >= 0.3 is 5.97 Å².